The first-order valence-corrected chi connectivity index (χ1v) is 8.60. The maximum Gasteiger partial charge on any atom is 0.194 e. The van der Waals surface area contributed by atoms with Gasteiger partial charge in [-0.15, -0.1) is 0 Å². The predicted octanol–water partition coefficient (Wildman–Crippen LogP) is 4.64. The normalized spacial score (nSPS) is 14.1. The van der Waals surface area contributed by atoms with E-state index in [-0.39, 0.29) is 11.6 Å². The Labute approximate surface area is 147 Å². The van der Waals surface area contributed by atoms with Crippen LogP contribution < -0.4 is 0 Å². The first-order chi connectivity index (χ1) is 12.3. The minimum atomic E-state index is -0.0641. The topological polar surface area (TPSA) is 34.1 Å². The third-order valence-corrected chi connectivity index (χ3v) is 4.84. The number of rotatable bonds is 0. The van der Waals surface area contributed by atoms with Crippen molar-refractivity contribution in [1.82, 2.24) is 0 Å². The van der Waals surface area contributed by atoms with Crippen LogP contribution in [-0.4, -0.2) is 11.6 Å². The minimum Gasteiger partial charge on any atom is -0.289 e. The van der Waals surface area contributed by atoms with Crippen LogP contribution in [-0.2, 0) is 12.8 Å². The quantitative estimate of drug-likeness (QED) is 0.472. The summed E-state index contributed by atoms with van der Waals surface area (Å²) in [4.78, 5) is 24.2. The summed E-state index contributed by atoms with van der Waals surface area (Å²) >= 11 is 0. The lowest BCUT2D eigenvalue weighted by Gasteiger charge is -2.16. The van der Waals surface area contributed by atoms with Crippen molar-refractivity contribution in [2.75, 3.05) is 0 Å². The van der Waals surface area contributed by atoms with Crippen LogP contribution in [0.2, 0.25) is 0 Å². The fourth-order valence-electron chi connectivity index (χ4n) is 3.56. The average molecular weight is 326 g/mol. The first-order valence-electron chi connectivity index (χ1n) is 8.60. The summed E-state index contributed by atoms with van der Waals surface area (Å²) in [6, 6.07) is 22.6. The van der Waals surface area contributed by atoms with E-state index in [2.05, 4.69) is 24.3 Å². The Kier molecular flexibility index (Phi) is 4.02. The molecule has 0 unspecified atom stereocenters. The zero-order valence-electron chi connectivity index (χ0n) is 13.9. The fraction of sp³-hybridized carbons (Fsp3) is 0.130. The maximum atomic E-state index is 12.1. The van der Waals surface area contributed by atoms with E-state index < -0.39 is 0 Å². The lowest BCUT2D eigenvalue weighted by atomic mass is 9.84. The highest BCUT2D eigenvalue weighted by Gasteiger charge is 2.28. The van der Waals surface area contributed by atoms with Gasteiger partial charge in [-0.25, -0.2) is 0 Å². The third kappa shape index (κ3) is 2.80. The number of benzene rings is 3. The molecule has 122 valence electrons. The summed E-state index contributed by atoms with van der Waals surface area (Å²) < 4.78 is 0. The fourth-order valence-corrected chi connectivity index (χ4v) is 3.56. The van der Waals surface area contributed by atoms with Crippen LogP contribution >= 0.6 is 0 Å². The number of carbonyl (C=O) groups is 2. The maximum absolute atomic E-state index is 12.1. The van der Waals surface area contributed by atoms with Crippen molar-refractivity contribution >= 4 is 11.6 Å². The first kappa shape index (κ1) is 15.5. The molecule has 0 bridgehead atoms. The van der Waals surface area contributed by atoms with Gasteiger partial charge >= 0.3 is 0 Å². The number of aryl methyl sites for hydroxylation is 2. The second kappa shape index (κ2) is 6.48. The Morgan fingerprint density at radius 2 is 0.800 bits per heavy atom. The van der Waals surface area contributed by atoms with Gasteiger partial charge in [0.2, 0.25) is 0 Å². The van der Waals surface area contributed by atoms with E-state index in [0.29, 0.717) is 22.3 Å². The molecule has 0 fully saturated rings. The van der Waals surface area contributed by atoms with Gasteiger partial charge in [0.05, 0.1) is 0 Å². The number of ketones is 2. The van der Waals surface area contributed by atoms with Gasteiger partial charge in [0.25, 0.3) is 0 Å². The van der Waals surface area contributed by atoms with Crippen molar-refractivity contribution in [3.8, 4) is 0 Å². The van der Waals surface area contributed by atoms with E-state index in [1.54, 1.807) is 59.7 Å². The summed E-state index contributed by atoms with van der Waals surface area (Å²) in [6.45, 7) is 0. The zero-order chi connectivity index (χ0) is 17.2. The smallest absolute Gasteiger partial charge is 0.194 e. The van der Waals surface area contributed by atoms with Crippen LogP contribution in [0.25, 0.3) is 0 Å². The number of fused-ring (bicyclic) bond motifs is 3. The second-order valence-electron chi connectivity index (χ2n) is 6.37. The van der Waals surface area contributed by atoms with Gasteiger partial charge in [-0.3, -0.25) is 9.59 Å². The largest absolute Gasteiger partial charge is 0.289 e. The van der Waals surface area contributed by atoms with E-state index >= 15 is 0 Å². The summed E-state index contributed by atoms with van der Waals surface area (Å²) in [5.74, 6) is -0.128. The van der Waals surface area contributed by atoms with Crippen LogP contribution in [0.15, 0.2) is 72.8 Å². The molecule has 0 saturated heterocycles. The molecule has 5 rings (SSSR count). The average Bonchev–Trinajstić information content (AvgIpc) is 3.15. The molecule has 0 amide bonds. The summed E-state index contributed by atoms with van der Waals surface area (Å²) in [5, 5.41) is 0. The van der Waals surface area contributed by atoms with Crippen molar-refractivity contribution < 1.29 is 9.59 Å². The SMILES string of the molecule is O=C1c2ccccc2C(=O)c2ccccc21.c1ccc2c(c1)CCC2. The molecule has 2 aliphatic carbocycles. The van der Waals surface area contributed by atoms with Crippen LogP contribution in [0.5, 0.6) is 0 Å². The summed E-state index contributed by atoms with van der Waals surface area (Å²) in [7, 11) is 0. The van der Waals surface area contributed by atoms with Crippen molar-refractivity contribution in [2.24, 2.45) is 0 Å². The molecule has 0 N–H and O–H groups in total. The highest BCUT2D eigenvalue weighted by atomic mass is 16.1. The molecule has 0 atom stereocenters. The van der Waals surface area contributed by atoms with Crippen LogP contribution in [0.1, 0.15) is 49.4 Å². The number of carbonyl (C=O) groups excluding carboxylic acids is 2. The molecule has 0 aromatic heterocycles. The van der Waals surface area contributed by atoms with Gasteiger partial charge in [0.1, 0.15) is 0 Å². The lowest BCUT2D eigenvalue weighted by molar-refractivity contribution is 0.0979. The van der Waals surface area contributed by atoms with E-state index in [9.17, 15) is 9.59 Å². The molecule has 0 saturated carbocycles. The lowest BCUT2D eigenvalue weighted by Crippen LogP contribution is -2.20. The Morgan fingerprint density at radius 3 is 1.16 bits per heavy atom. The molecule has 3 aromatic rings. The molecule has 0 heterocycles. The van der Waals surface area contributed by atoms with Crippen LogP contribution in [0.3, 0.4) is 0 Å². The summed E-state index contributed by atoms with van der Waals surface area (Å²) in [5.41, 5.74) is 5.16. The summed E-state index contributed by atoms with van der Waals surface area (Å²) in [6.07, 6.45) is 3.96. The number of hydrogen-bond donors (Lipinski definition) is 0. The Hall–Kier alpha value is -3.00. The van der Waals surface area contributed by atoms with E-state index in [0.717, 1.165) is 0 Å². The predicted molar refractivity (Wildman–Crippen MR) is 98.2 cm³/mol. The highest BCUT2D eigenvalue weighted by molar-refractivity contribution is 6.28. The van der Waals surface area contributed by atoms with Gasteiger partial charge in [-0.1, -0.05) is 72.8 Å². The third-order valence-electron chi connectivity index (χ3n) is 4.84. The standard InChI is InChI=1S/C14H8O2.C9H10/c15-13-9-5-1-2-6-10(9)14(16)12-8-4-3-7-11(12)13;1-2-5-9-7-3-6-8(9)4-1/h1-8H;1-2,4-5H,3,6-7H2. The van der Waals surface area contributed by atoms with Crippen LogP contribution in [0.4, 0.5) is 0 Å². The molecule has 2 aliphatic rings. The number of hydrogen-bond acceptors (Lipinski definition) is 2. The van der Waals surface area contributed by atoms with Gasteiger partial charge in [-0.05, 0) is 30.4 Å². The van der Waals surface area contributed by atoms with E-state index in [4.69, 9.17) is 0 Å². The monoisotopic (exact) mass is 326 g/mol. The van der Waals surface area contributed by atoms with Crippen molar-refractivity contribution in [3.05, 3.63) is 106 Å². The Morgan fingerprint density at radius 1 is 0.480 bits per heavy atom. The van der Waals surface area contributed by atoms with Crippen molar-refractivity contribution in [1.29, 1.82) is 0 Å². The molecule has 2 heteroatoms. The molecule has 0 radical (unpaired) electrons. The second-order valence-corrected chi connectivity index (χ2v) is 6.37. The Bertz CT molecular complexity index is 841. The molecule has 25 heavy (non-hydrogen) atoms. The molecular formula is C23H18O2. The Balaban J connectivity index is 0.000000147. The molecule has 0 spiro atoms. The van der Waals surface area contributed by atoms with Gasteiger partial charge in [0, 0.05) is 22.3 Å². The van der Waals surface area contributed by atoms with E-state index in [1.165, 1.54) is 19.3 Å². The van der Waals surface area contributed by atoms with Gasteiger partial charge in [0.15, 0.2) is 11.6 Å². The molecule has 2 nitrogen and oxygen atoms in total. The molecular weight excluding hydrogens is 308 g/mol. The minimum absolute atomic E-state index is 0.0641. The zero-order valence-corrected chi connectivity index (χ0v) is 13.9. The molecule has 0 aliphatic heterocycles. The van der Waals surface area contributed by atoms with Gasteiger partial charge in [-0.2, -0.15) is 0 Å². The van der Waals surface area contributed by atoms with Crippen molar-refractivity contribution in [3.63, 3.8) is 0 Å². The molecule has 3 aromatic carbocycles. The highest BCUT2D eigenvalue weighted by Crippen LogP contribution is 2.26. The van der Waals surface area contributed by atoms with Crippen molar-refractivity contribution in [2.45, 2.75) is 19.3 Å². The van der Waals surface area contributed by atoms with E-state index in [1.807, 2.05) is 0 Å². The van der Waals surface area contributed by atoms with Crippen LogP contribution in [0, 0.1) is 0 Å². The van der Waals surface area contributed by atoms with Gasteiger partial charge < -0.3 is 0 Å².